The molecule has 0 spiro atoms. The first kappa shape index (κ1) is 16.6. The average molecular weight is 351 g/mol. The second kappa shape index (κ2) is 6.79. The maximum Gasteiger partial charge on any atom is 0.264 e. The Morgan fingerprint density at radius 1 is 0.923 bits per heavy atom. The van der Waals surface area contributed by atoms with Gasteiger partial charge in [-0.1, -0.05) is 36.4 Å². The third-order valence-electron chi connectivity index (χ3n) is 4.70. The fourth-order valence-corrected chi connectivity index (χ4v) is 3.46. The summed E-state index contributed by atoms with van der Waals surface area (Å²) >= 11 is 0. The van der Waals surface area contributed by atoms with Gasteiger partial charge in [-0.3, -0.25) is 4.98 Å². The van der Waals surface area contributed by atoms with Gasteiger partial charge in [0.15, 0.2) is 0 Å². The summed E-state index contributed by atoms with van der Waals surface area (Å²) in [5, 5.41) is 0. The van der Waals surface area contributed by atoms with Crippen LogP contribution in [0.4, 0.5) is 13.2 Å². The smallest absolute Gasteiger partial charge is 0.261 e. The van der Waals surface area contributed by atoms with Crippen molar-refractivity contribution in [2.75, 3.05) is 0 Å². The average Bonchev–Trinajstić information content (AvgIpc) is 2.79. The first-order chi connectivity index (χ1) is 12.6. The molecule has 4 heteroatoms. The van der Waals surface area contributed by atoms with Crippen LogP contribution in [0.3, 0.4) is 0 Å². The molecule has 0 amide bonds. The zero-order chi connectivity index (χ0) is 18.1. The highest BCUT2D eigenvalue weighted by atomic mass is 19.3. The Labute approximate surface area is 149 Å². The Hall–Kier alpha value is -2.88. The molecule has 0 radical (unpaired) electrons. The minimum atomic E-state index is -2.56. The number of halogens is 3. The van der Waals surface area contributed by atoms with Crippen molar-refractivity contribution in [3.8, 4) is 0 Å². The van der Waals surface area contributed by atoms with Crippen molar-refractivity contribution in [1.29, 1.82) is 0 Å². The van der Waals surface area contributed by atoms with E-state index in [1.807, 2.05) is 12.1 Å². The minimum Gasteiger partial charge on any atom is -0.261 e. The Kier molecular flexibility index (Phi) is 4.33. The van der Waals surface area contributed by atoms with Crippen molar-refractivity contribution in [2.24, 2.45) is 0 Å². The third kappa shape index (κ3) is 3.03. The van der Waals surface area contributed by atoms with Crippen LogP contribution < -0.4 is 0 Å². The predicted octanol–water partition coefficient (Wildman–Crippen LogP) is 5.85. The number of pyridine rings is 1. The molecule has 0 fully saturated rings. The minimum absolute atomic E-state index is 0.0154. The number of fused-ring (bicyclic) bond motifs is 2. The lowest BCUT2D eigenvalue weighted by atomic mass is 9.92. The molecule has 1 aromatic heterocycles. The number of hydrogen-bond donors (Lipinski definition) is 0. The summed E-state index contributed by atoms with van der Waals surface area (Å²) in [6.07, 6.45) is 2.27. The Balaban J connectivity index is 1.98. The van der Waals surface area contributed by atoms with Crippen LogP contribution in [0.2, 0.25) is 0 Å². The molecular weight excluding hydrogens is 335 g/mol. The summed E-state index contributed by atoms with van der Waals surface area (Å²) in [5.74, 6) is -0.296. The number of aryl methyl sites for hydroxylation is 2. The van der Waals surface area contributed by atoms with Gasteiger partial charge in [-0.2, -0.15) is 0 Å². The largest absolute Gasteiger partial charge is 0.264 e. The van der Waals surface area contributed by atoms with Gasteiger partial charge in [-0.15, -0.1) is 0 Å². The second-order valence-electron chi connectivity index (χ2n) is 6.29. The van der Waals surface area contributed by atoms with Crippen molar-refractivity contribution in [1.82, 2.24) is 4.98 Å². The molecule has 1 aliphatic carbocycles. The van der Waals surface area contributed by atoms with E-state index < -0.39 is 6.43 Å². The molecule has 0 saturated carbocycles. The van der Waals surface area contributed by atoms with Crippen LogP contribution in [0.1, 0.15) is 39.9 Å². The molecule has 1 aliphatic rings. The molecule has 0 unspecified atom stereocenters. The van der Waals surface area contributed by atoms with Crippen molar-refractivity contribution in [2.45, 2.75) is 19.3 Å². The highest BCUT2D eigenvalue weighted by Crippen LogP contribution is 2.36. The molecule has 4 rings (SSSR count). The van der Waals surface area contributed by atoms with Crippen LogP contribution in [0.15, 0.2) is 60.8 Å². The van der Waals surface area contributed by atoms with E-state index in [-0.39, 0.29) is 11.4 Å². The predicted molar refractivity (Wildman–Crippen MR) is 96.4 cm³/mol. The molecule has 1 nitrogen and oxygen atoms in total. The van der Waals surface area contributed by atoms with Gasteiger partial charge in [0.05, 0.1) is 0 Å². The molecular formula is C22H16F3N. The van der Waals surface area contributed by atoms with Crippen LogP contribution in [0.25, 0.3) is 11.6 Å². The fraction of sp³-hybridized carbons (Fsp3) is 0.136. The van der Waals surface area contributed by atoms with E-state index in [1.165, 1.54) is 18.2 Å². The van der Waals surface area contributed by atoms with Gasteiger partial charge in [-0.05, 0) is 59.4 Å². The fourth-order valence-electron chi connectivity index (χ4n) is 3.46. The second-order valence-corrected chi connectivity index (χ2v) is 6.29. The van der Waals surface area contributed by atoms with E-state index >= 15 is 0 Å². The van der Waals surface area contributed by atoms with Crippen molar-refractivity contribution >= 4 is 11.6 Å². The molecule has 130 valence electrons. The third-order valence-corrected chi connectivity index (χ3v) is 4.70. The highest BCUT2D eigenvalue weighted by molar-refractivity contribution is 5.94. The van der Waals surface area contributed by atoms with Gasteiger partial charge in [0.1, 0.15) is 5.82 Å². The summed E-state index contributed by atoms with van der Waals surface area (Å²) in [4.78, 5) is 4.45. The molecule has 3 aromatic rings. The topological polar surface area (TPSA) is 12.9 Å². The lowest BCUT2D eigenvalue weighted by Gasteiger charge is -2.13. The van der Waals surface area contributed by atoms with E-state index in [1.54, 1.807) is 36.5 Å². The first-order valence-electron chi connectivity index (χ1n) is 8.45. The van der Waals surface area contributed by atoms with Crippen molar-refractivity contribution in [3.05, 3.63) is 100 Å². The van der Waals surface area contributed by atoms with Crippen molar-refractivity contribution in [3.63, 3.8) is 0 Å². The molecule has 0 atom stereocenters. The zero-order valence-electron chi connectivity index (χ0n) is 13.9. The molecule has 1 heterocycles. The SMILES string of the molecule is Fc1ccc2c(c1)CCc1ncccc1C2=Cc1ccccc1C(F)F. The monoisotopic (exact) mass is 351 g/mol. The van der Waals surface area contributed by atoms with Crippen LogP contribution in [0.5, 0.6) is 0 Å². The number of benzene rings is 2. The summed E-state index contributed by atoms with van der Waals surface area (Å²) < 4.78 is 40.6. The van der Waals surface area contributed by atoms with Gasteiger partial charge in [-0.25, -0.2) is 13.2 Å². The summed E-state index contributed by atoms with van der Waals surface area (Å²) in [6.45, 7) is 0. The van der Waals surface area contributed by atoms with E-state index in [0.717, 1.165) is 28.0 Å². The van der Waals surface area contributed by atoms with Crippen molar-refractivity contribution < 1.29 is 13.2 Å². The lowest BCUT2D eigenvalue weighted by Crippen LogP contribution is -1.96. The van der Waals surface area contributed by atoms with E-state index in [9.17, 15) is 13.2 Å². The van der Waals surface area contributed by atoms with Crippen LogP contribution in [-0.4, -0.2) is 4.98 Å². The Morgan fingerprint density at radius 3 is 2.62 bits per heavy atom. The molecule has 0 saturated heterocycles. The maximum absolute atomic E-state index is 13.7. The molecule has 26 heavy (non-hydrogen) atoms. The number of alkyl halides is 2. The van der Waals surface area contributed by atoms with Gasteiger partial charge in [0, 0.05) is 23.0 Å². The molecule has 0 N–H and O–H groups in total. The molecule has 2 aromatic carbocycles. The molecule has 0 aliphatic heterocycles. The highest BCUT2D eigenvalue weighted by Gasteiger charge is 2.20. The number of nitrogens with zero attached hydrogens (tertiary/aromatic N) is 1. The summed E-state index contributed by atoms with van der Waals surface area (Å²) in [7, 11) is 0. The van der Waals surface area contributed by atoms with Gasteiger partial charge < -0.3 is 0 Å². The van der Waals surface area contributed by atoms with Crippen LogP contribution >= 0.6 is 0 Å². The van der Waals surface area contributed by atoms with E-state index in [4.69, 9.17) is 0 Å². The maximum atomic E-state index is 13.7. The first-order valence-corrected chi connectivity index (χ1v) is 8.45. The Bertz CT molecular complexity index is 992. The standard InChI is InChI=1S/C22H16F3N/c23-16-8-9-17-15(12-16)7-10-21-19(6-3-11-26-21)20(17)13-14-4-1-2-5-18(14)22(24)25/h1-6,8-9,11-13,22H,7,10H2. The lowest BCUT2D eigenvalue weighted by molar-refractivity contribution is 0.151. The van der Waals surface area contributed by atoms with Crippen LogP contribution in [0, 0.1) is 5.82 Å². The van der Waals surface area contributed by atoms with E-state index in [0.29, 0.717) is 18.4 Å². The number of aromatic nitrogens is 1. The van der Waals surface area contributed by atoms with Gasteiger partial charge in [0.2, 0.25) is 0 Å². The van der Waals surface area contributed by atoms with Crippen LogP contribution in [-0.2, 0) is 12.8 Å². The number of hydrogen-bond acceptors (Lipinski definition) is 1. The van der Waals surface area contributed by atoms with Gasteiger partial charge >= 0.3 is 0 Å². The number of rotatable bonds is 2. The molecule has 0 bridgehead atoms. The quantitative estimate of drug-likeness (QED) is 0.565. The summed E-state index contributed by atoms with van der Waals surface area (Å²) in [5.41, 5.74) is 4.77. The zero-order valence-corrected chi connectivity index (χ0v) is 13.9. The van der Waals surface area contributed by atoms with E-state index in [2.05, 4.69) is 4.98 Å². The normalized spacial score (nSPS) is 14.8. The Morgan fingerprint density at radius 2 is 1.77 bits per heavy atom. The van der Waals surface area contributed by atoms with Gasteiger partial charge in [0.25, 0.3) is 6.43 Å². The summed E-state index contributed by atoms with van der Waals surface area (Å²) in [6, 6.07) is 14.9.